The molecule has 1 aliphatic rings. The maximum Gasteiger partial charge on any atom is 0.221 e. The molecule has 3 rings (SSSR count). The minimum Gasteiger partial charge on any atom is -0.493 e. The molecule has 7 heteroatoms. The Balaban J connectivity index is 2.09. The van der Waals surface area contributed by atoms with Gasteiger partial charge in [-0.25, -0.2) is 4.98 Å². The zero-order chi connectivity index (χ0) is 19.6. The Bertz CT molecular complexity index is 971. The second-order valence-electron chi connectivity index (χ2n) is 6.71. The number of anilines is 2. The van der Waals surface area contributed by atoms with Gasteiger partial charge in [0.2, 0.25) is 5.95 Å². The molecule has 0 saturated heterocycles. The fraction of sp³-hybridized carbons (Fsp3) is 0.300. The molecule has 0 spiro atoms. The van der Waals surface area contributed by atoms with Crippen LogP contribution in [0.4, 0.5) is 11.8 Å². The average Bonchev–Trinajstić information content (AvgIpc) is 2.61. The highest BCUT2D eigenvalue weighted by atomic mass is 16.5. The summed E-state index contributed by atoms with van der Waals surface area (Å²) in [6.07, 6.45) is 4.05. The smallest absolute Gasteiger partial charge is 0.221 e. The van der Waals surface area contributed by atoms with Crippen molar-refractivity contribution in [1.29, 1.82) is 0 Å². The van der Waals surface area contributed by atoms with E-state index < -0.39 is 5.60 Å². The Labute approximate surface area is 158 Å². The van der Waals surface area contributed by atoms with Crippen molar-refractivity contribution >= 4 is 17.3 Å². The number of hydrogen-bond donors (Lipinski definition) is 3. The largest absolute Gasteiger partial charge is 0.493 e. The van der Waals surface area contributed by atoms with Crippen LogP contribution in [0.1, 0.15) is 30.5 Å². The quantitative estimate of drug-likeness (QED) is 0.709. The highest BCUT2D eigenvalue weighted by molar-refractivity contribution is 5.86. The molecule has 0 saturated carbocycles. The molecule has 27 heavy (non-hydrogen) atoms. The molecule has 0 unspecified atom stereocenters. The summed E-state index contributed by atoms with van der Waals surface area (Å²) in [5.41, 5.74) is 14.3. The lowest BCUT2D eigenvalue weighted by Gasteiger charge is -2.31. The van der Waals surface area contributed by atoms with Gasteiger partial charge >= 0.3 is 0 Å². The maximum atomic E-state index is 9.08. The van der Waals surface area contributed by atoms with E-state index in [-0.39, 0.29) is 12.6 Å². The summed E-state index contributed by atoms with van der Waals surface area (Å²) < 4.78 is 11.7. The first-order chi connectivity index (χ1) is 12.8. The molecule has 1 aromatic carbocycles. The lowest BCUT2D eigenvalue weighted by Crippen LogP contribution is -2.29. The van der Waals surface area contributed by atoms with Crippen LogP contribution in [0.25, 0.3) is 5.57 Å². The van der Waals surface area contributed by atoms with E-state index in [2.05, 4.69) is 21.8 Å². The minimum atomic E-state index is -0.545. The van der Waals surface area contributed by atoms with E-state index >= 15 is 0 Å². The average molecular weight is 366 g/mol. The summed E-state index contributed by atoms with van der Waals surface area (Å²) in [5, 5.41) is 9.08. The second kappa shape index (κ2) is 7.17. The third-order valence-electron chi connectivity index (χ3n) is 4.10. The summed E-state index contributed by atoms with van der Waals surface area (Å²) in [5.74, 6) is 7.41. The lowest BCUT2D eigenvalue weighted by molar-refractivity contribution is 0.151. The number of aromatic nitrogens is 2. The Hall–Kier alpha value is -3.24. The number of nitrogen functional groups attached to an aromatic ring is 2. The standard InChI is InChI=1S/C20H22N4O3/c1-20(2)10-13(5-4-6-25)15-8-12(9-16(26-3)17(15)27-20)7-14-11-23-19(22)24-18(14)21/h8-11,25H,6-7H2,1-3H3,(H4,21,22,23,24). The first kappa shape index (κ1) is 18.5. The molecule has 1 aliphatic heterocycles. The number of methoxy groups -OCH3 is 1. The molecule has 2 aromatic rings. The number of ether oxygens (including phenoxy) is 2. The molecule has 0 aliphatic carbocycles. The van der Waals surface area contributed by atoms with Crippen LogP contribution in [-0.2, 0) is 6.42 Å². The Morgan fingerprint density at radius 3 is 2.74 bits per heavy atom. The normalized spacial score (nSPS) is 14.3. The number of allylic oxidation sites excluding steroid dienone is 1. The van der Waals surface area contributed by atoms with Gasteiger partial charge in [-0.3, -0.25) is 0 Å². The molecular formula is C20H22N4O3. The Morgan fingerprint density at radius 2 is 2.07 bits per heavy atom. The van der Waals surface area contributed by atoms with Crippen molar-refractivity contribution < 1.29 is 14.6 Å². The van der Waals surface area contributed by atoms with Crippen LogP contribution in [0.2, 0.25) is 0 Å². The molecule has 1 aromatic heterocycles. The third kappa shape index (κ3) is 3.96. The number of rotatable bonds is 3. The van der Waals surface area contributed by atoms with E-state index in [1.165, 1.54) is 0 Å². The molecule has 0 fully saturated rings. The van der Waals surface area contributed by atoms with Crippen LogP contribution in [0, 0.1) is 11.8 Å². The monoisotopic (exact) mass is 366 g/mol. The lowest BCUT2D eigenvalue weighted by atomic mass is 9.92. The van der Waals surface area contributed by atoms with Crippen molar-refractivity contribution in [3.8, 4) is 23.3 Å². The molecule has 0 amide bonds. The molecule has 0 radical (unpaired) electrons. The van der Waals surface area contributed by atoms with Gasteiger partial charge in [0.05, 0.1) is 7.11 Å². The van der Waals surface area contributed by atoms with Crippen LogP contribution >= 0.6 is 0 Å². The van der Waals surface area contributed by atoms with Crippen molar-refractivity contribution in [3.05, 3.63) is 41.1 Å². The van der Waals surface area contributed by atoms with Crippen LogP contribution in [-0.4, -0.2) is 34.4 Å². The molecule has 140 valence electrons. The molecule has 0 bridgehead atoms. The predicted molar refractivity (Wildman–Crippen MR) is 104 cm³/mol. The van der Waals surface area contributed by atoms with E-state index in [9.17, 15) is 0 Å². The zero-order valence-corrected chi connectivity index (χ0v) is 15.5. The van der Waals surface area contributed by atoms with Gasteiger partial charge in [0.15, 0.2) is 11.5 Å². The summed E-state index contributed by atoms with van der Waals surface area (Å²) >= 11 is 0. The van der Waals surface area contributed by atoms with E-state index in [0.717, 1.165) is 22.3 Å². The third-order valence-corrected chi connectivity index (χ3v) is 4.10. The van der Waals surface area contributed by atoms with E-state index in [1.54, 1.807) is 13.3 Å². The summed E-state index contributed by atoms with van der Waals surface area (Å²) in [4.78, 5) is 8.01. The van der Waals surface area contributed by atoms with Crippen molar-refractivity contribution in [1.82, 2.24) is 9.97 Å². The molecular weight excluding hydrogens is 344 g/mol. The van der Waals surface area contributed by atoms with Crippen LogP contribution in [0.3, 0.4) is 0 Å². The van der Waals surface area contributed by atoms with Gasteiger partial charge in [0.25, 0.3) is 0 Å². The molecule has 2 heterocycles. The predicted octanol–water partition coefficient (Wildman–Crippen LogP) is 1.79. The summed E-state index contributed by atoms with van der Waals surface area (Å²) in [7, 11) is 1.59. The topological polar surface area (TPSA) is 117 Å². The number of hydrogen-bond acceptors (Lipinski definition) is 7. The molecule has 7 nitrogen and oxygen atoms in total. The van der Waals surface area contributed by atoms with Crippen molar-refractivity contribution in [3.63, 3.8) is 0 Å². The van der Waals surface area contributed by atoms with Crippen molar-refractivity contribution in [2.75, 3.05) is 25.2 Å². The number of aliphatic hydroxyl groups is 1. The number of nitrogens with zero attached hydrogens (tertiary/aromatic N) is 2. The molecule has 0 atom stereocenters. The van der Waals surface area contributed by atoms with E-state index in [4.69, 9.17) is 26.0 Å². The minimum absolute atomic E-state index is 0.138. The van der Waals surface area contributed by atoms with E-state index in [0.29, 0.717) is 23.7 Å². The second-order valence-corrected chi connectivity index (χ2v) is 6.71. The highest BCUT2D eigenvalue weighted by Gasteiger charge is 2.29. The fourth-order valence-electron chi connectivity index (χ4n) is 2.96. The zero-order valence-electron chi connectivity index (χ0n) is 15.5. The molecule has 5 N–H and O–H groups in total. The van der Waals surface area contributed by atoms with Crippen molar-refractivity contribution in [2.45, 2.75) is 25.9 Å². The number of fused-ring (bicyclic) bond motifs is 1. The summed E-state index contributed by atoms with van der Waals surface area (Å²) in [6, 6.07) is 3.87. The van der Waals surface area contributed by atoms with Crippen LogP contribution in [0.15, 0.2) is 24.4 Å². The van der Waals surface area contributed by atoms with Gasteiger partial charge < -0.3 is 26.0 Å². The first-order valence-electron chi connectivity index (χ1n) is 8.42. The maximum absolute atomic E-state index is 9.08. The fourth-order valence-corrected chi connectivity index (χ4v) is 2.96. The number of nitrogens with two attached hydrogens (primary N) is 2. The summed E-state index contributed by atoms with van der Waals surface area (Å²) in [6.45, 7) is 3.66. The number of benzene rings is 1. The first-order valence-corrected chi connectivity index (χ1v) is 8.42. The van der Waals surface area contributed by atoms with Gasteiger partial charge in [0, 0.05) is 29.3 Å². The van der Waals surface area contributed by atoms with Gasteiger partial charge in [-0.1, -0.05) is 11.8 Å². The van der Waals surface area contributed by atoms with Crippen molar-refractivity contribution in [2.24, 2.45) is 0 Å². The van der Waals surface area contributed by atoms with Crippen LogP contribution in [0.5, 0.6) is 11.5 Å². The van der Waals surface area contributed by atoms with Gasteiger partial charge in [-0.2, -0.15) is 4.98 Å². The van der Waals surface area contributed by atoms with Crippen LogP contribution < -0.4 is 20.9 Å². The van der Waals surface area contributed by atoms with E-state index in [1.807, 2.05) is 32.1 Å². The Kier molecular flexibility index (Phi) is 4.93. The SMILES string of the molecule is COc1cc(Cc2cnc(N)nc2N)cc2c1OC(C)(C)C=C2C#CCO. The van der Waals surface area contributed by atoms with Gasteiger partial charge in [-0.15, -0.1) is 0 Å². The Morgan fingerprint density at radius 1 is 1.30 bits per heavy atom. The van der Waals surface area contributed by atoms with Gasteiger partial charge in [0.1, 0.15) is 18.0 Å². The highest BCUT2D eigenvalue weighted by Crippen LogP contribution is 2.43. The number of aliphatic hydroxyl groups excluding tert-OH is 1. The van der Waals surface area contributed by atoms with Gasteiger partial charge in [-0.05, 0) is 37.6 Å².